The Morgan fingerprint density at radius 3 is 2.86 bits per heavy atom. The lowest BCUT2D eigenvalue weighted by atomic mass is 10.3. The van der Waals surface area contributed by atoms with Gasteiger partial charge in [0.05, 0.1) is 11.8 Å². The highest BCUT2D eigenvalue weighted by molar-refractivity contribution is 6.29. The van der Waals surface area contributed by atoms with Gasteiger partial charge in [-0.05, 0) is 19.1 Å². The van der Waals surface area contributed by atoms with Crippen molar-refractivity contribution in [2.45, 2.75) is 19.4 Å². The molecule has 0 fully saturated rings. The number of nitrogens with zero attached hydrogens (tertiary/aromatic N) is 2. The van der Waals surface area contributed by atoms with Gasteiger partial charge in [-0.2, -0.15) is 5.10 Å². The van der Waals surface area contributed by atoms with Gasteiger partial charge in [0.25, 0.3) is 0 Å². The van der Waals surface area contributed by atoms with E-state index in [0.29, 0.717) is 11.7 Å². The van der Waals surface area contributed by atoms with Crippen molar-refractivity contribution < 1.29 is 5.11 Å². The van der Waals surface area contributed by atoms with E-state index in [1.165, 1.54) is 0 Å². The number of hydrogen-bond donors (Lipinski definition) is 2. The van der Waals surface area contributed by atoms with Crippen LogP contribution in [-0.2, 0) is 6.42 Å². The summed E-state index contributed by atoms with van der Waals surface area (Å²) in [6, 6.07) is 3.57. The van der Waals surface area contributed by atoms with E-state index in [0.717, 1.165) is 18.7 Å². The molecule has 14 heavy (non-hydrogen) atoms. The predicted octanol–water partition coefficient (Wildman–Crippen LogP) is 0.643. The zero-order valence-electron chi connectivity index (χ0n) is 8.07. The molecule has 0 radical (unpaired) electrons. The molecule has 0 saturated heterocycles. The van der Waals surface area contributed by atoms with Crippen LogP contribution in [0.15, 0.2) is 12.1 Å². The normalized spacial score (nSPS) is 12.8. The number of hydrogen-bond acceptors (Lipinski definition) is 4. The fourth-order valence-corrected chi connectivity index (χ4v) is 1.11. The number of aliphatic hydroxyl groups is 1. The second kappa shape index (κ2) is 5.90. The average molecular weight is 216 g/mol. The minimum atomic E-state index is -0.314. The van der Waals surface area contributed by atoms with Crippen molar-refractivity contribution in [3.05, 3.63) is 23.0 Å². The molecule has 1 rings (SSSR count). The van der Waals surface area contributed by atoms with Gasteiger partial charge in [-0.3, -0.25) is 0 Å². The van der Waals surface area contributed by atoms with Crippen molar-refractivity contribution in [1.29, 1.82) is 0 Å². The minimum absolute atomic E-state index is 0.314. The Kier molecular flexibility index (Phi) is 4.79. The van der Waals surface area contributed by atoms with Crippen LogP contribution in [0.2, 0.25) is 5.15 Å². The van der Waals surface area contributed by atoms with Gasteiger partial charge in [-0.25, -0.2) is 0 Å². The van der Waals surface area contributed by atoms with Crippen molar-refractivity contribution in [3.8, 4) is 0 Å². The van der Waals surface area contributed by atoms with E-state index in [4.69, 9.17) is 16.7 Å². The van der Waals surface area contributed by atoms with Gasteiger partial charge >= 0.3 is 0 Å². The van der Waals surface area contributed by atoms with Crippen LogP contribution in [0.25, 0.3) is 0 Å². The van der Waals surface area contributed by atoms with Crippen molar-refractivity contribution in [2.24, 2.45) is 0 Å². The van der Waals surface area contributed by atoms with Gasteiger partial charge in [0.2, 0.25) is 0 Å². The molecule has 1 unspecified atom stereocenters. The molecule has 5 heteroatoms. The largest absolute Gasteiger partial charge is 0.392 e. The fraction of sp³-hybridized carbons (Fsp3) is 0.556. The summed E-state index contributed by atoms with van der Waals surface area (Å²) in [6.45, 7) is 3.12. The predicted molar refractivity (Wildman–Crippen MR) is 55.3 cm³/mol. The smallest absolute Gasteiger partial charge is 0.151 e. The maximum Gasteiger partial charge on any atom is 0.151 e. The number of nitrogens with one attached hydrogen (secondary N) is 1. The zero-order valence-corrected chi connectivity index (χ0v) is 8.83. The van der Waals surface area contributed by atoms with E-state index in [9.17, 15) is 0 Å². The van der Waals surface area contributed by atoms with Gasteiger partial charge in [0.15, 0.2) is 5.15 Å². The minimum Gasteiger partial charge on any atom is -0.392 e. The maximum absolute atomic E-state index is 8.98. The van der Waals surface area contributed by atoms with E-state index >= 15 is 0 Å². The van der Waals surface area contributed by atoms with Crippen LogP contribution in [0.5, 0.6) is 0 Å². The third-order valence-corrected chi connectivity index (χ3v) is 1.89. The molecule has 1 aromatic rings. The highest BCUT2D eigenvalue weighted by atomic mass is 35.5. The van der Waals surface area contributed by atoms with E-state index in [1.54, 1.807) is 13.0 Å². The van der Waals surface area contributed by atoms with Crippen LogP contribution in [0.1, 0.15) is 12.6 Å². The van der Waals surface area contributed by atoms with Crippen LogP contribution in [-0.4, -0.2) is 34.5 Å². The monoisotopic (exact) mass is 215 g/mol. The molecule has 1 heterocycles. The first-order chi connectivity index (χ1) is 6.68. The first-order valence-corrected chi connectivity index (χ1v) is 4.93. The van der Waals surface area contributed by atoms with Crippen LogP contribution < -0.4 is 5.32 Å². The topological polar surface area (TPSA) is 58.0 Å². The molecule has 0 aliphatic heterocycles. The summed E-state index contributed by atoms with van der Waals surface area (Å²) in [7, 11) is 0. The molecule has 0 saturated carbocycles. The molecule has 1 aromatic heterocycles. The number of halogens is 1. The summed E-state index contributed by atoms with van der Waals surface area (Å²) < 4.78 is 0. The van der Waals surface area contributed by atoms with Crippen molar-refractivity contribution in [3.63, 3.8) is 0 Å². The lowest BCUT2D eigenvalue weighted by Crippen LogP contribution is -2.26. The molecule has 4 nitrogen and oxygen atoms in total. The second-order valence-corrected chi connectivity index (χ2v) is 3.54. The van der Waals surface area contributed by atoms with Crippen molar-refractivity contribution in [2.75, 3.05) is 13.1 Å². The molecular weight excluding hydrogens is 202 g/mol. The Hall–Kier alpha value is -0.710. The molecule has 0 spiro atoms. The Morgan fingerprint density at radius 2 is 2.29 bits per heavy atom. The zero-order chi connectivity index (χ0) is 10.4. The second-order valence-electron chi connectivity index (χ2n) is 3.15. The fourth-order valence-electron chi connectivity index (χ4n) is 1.00. The van der Waals surface area contributed by atoms with Crippen LogP contribution in [0, 0.1) is 0 Å². The highest BCUT2D eigenvalue weighted by Gasteiger charge is 1.97. The summed E-state index contributed by atoms with van der Waals surface area (Å²) in [5.74, 6) is 0. The standard InChI is InChI=1S/C9H14ClN3O/c1-7(14)6-11-5-4-8-2-3-9(10)13-12-8/h2-3,7,11,14H,4-6H2,1H3. The summed E-state index contributed by atoms with van der Waals surface area (Å²) in [6.07, 6.45) is 0.475. The van der Waals surface area contributed by atoms with Crippen molar-refractivity contribution in [1.82, 2.24) is 15.5 Å². The van der Waals surface area contributed by atoms with E-state index in [2.05, 4.69) is 15.5 Å². The average Bonchev–Trinajstić information content (AvgIpc) is 2.15. The summed E-state index contributed by atoms with van der Waals surface area (Å²) in [5, 5.41) is 20.1. The van der Waals surface area contributed by atoms with Gasteiger partial charge < -0.3 is 10.4 Å². The third kappa shape index (κ3) is 4.50. The van der Waals surface area contributed by atoms with Gasteiger partial charge in [0.1, 0.15) is 0 Å². The van der Waals surface area contributed by atoms with Crippen molar-refractivity contribution >= 4 is 11.6 Å². The lowest BCUT2D eigenvalue weighted by Gasteiger charge is -2.05. The quantitative estimate of drug-likeness (QED) is 0.708. The number of rotatable bonds is 5. The van der Waals surface area contributed by atoms with Gasteiger partial charge in [0, 0.05) is 19.5 Å². The van der Waals surface area contributed by atoms with Crippen LogP contribution in [0.3, 0.4) is 0 Å². The Labute approximate surface area is 88.3 Å². The first kappa shape index (κ1) is 11.4. The summed E-state index contributed by atoms with van der Waals surface area (Å²) >= 11 is 5.59. The first-order valence-electron chi connectivity index (χ1n) is 4.55. The molecule has 2 N–H and O–H groups in total. The summed E-state index contributed by atoms with van der Waals surface area (Å²) in [4.78, 5) is 0. The third-order valence-electron chi connectivity index (χ3n) is 1.68. The Bertz CT molecular complexity index is 263. The maximum atomic E-state index is 8.98. The molecule has 78 valence electrons. The van der Waals surface area contributed by atoms with E-state index in [1.807, 2.05) is 6.07 Å². The van der Waals surface area contributed by atoms with Gasteiger partial charge in [-0.15, -0.1) is 5.10 Å². The Balaban J connectivity index is 2.21. The lowest BCUT2D eigenvalue weighted by molar-refractivity contribution is 0.191. The molecule has 0 aromatic carbocycles. The highest BCUT2D eigenvalue weighted by Crippen LogP contribution is 2.01. The SMILES string of the molecule is CC(O)CNCCc1ccc(Cl)nn1. The molecule has 0 aliphatic carbocycles. The molecule has 0 bridgehead atoms. The van der Waals surface area contributed by atoms with Crippen LogP contribution in [0.4, 0.5) is 0 Å². The molecular formula is C9H14ClN3O. The van der Waals surface area contributed by atoms with Gasteiger partial charge in [-0.1, -0.05) is 11.6 Å². The number of aliphatic hydroxyl groups excluding tert-OH is 1. The molecule has 1 atom stereocenters. The van der Waals surface area contributed by atoms with E-state index < -0.39 is 0 Å². The molecule has 0 amide bonds. The number of aromatic nitrogens is 2. The summed E-state index contributed by atoms with van der Waals surface area (Å²) in [5.41, 5.74) is 0.896. The molecule has 0 aliphatic rings. The van der Waals surface area contributed by atoms with E-state index in [-0.39, 0.29) is 6.10 Å². The van der Waals surface area contributed by atoms with Crippen LogP contribution >= 0.6 is 11.6 Å². The Morgan fingerprint density at radius 1 is 1.50 bits per heavy atom.